The summed E-state index contributed by atoms with van der Waals surface area (Å²) in [7, 11) is 1.73. The molecule has 2 heteroatoms. The Hall–Kier alpha value is -1.80. The molecule has 0 saturated heterocycles. The molecule has 2 aromatic carbocycles. The maximum atomic E-state index is 5.39. The van der Waals surface area contributed by atoms with Gasteiger partial charge in [-0.2, -0.15) is 0 Å². The van der Waals surface area contributed by atoms with Gasteiger partial charge in [-0.15, -0.1) is 0 Å². The maximum absolute atomic E-state index is 5.39. The van der Waals surface area contributed by atoms with Gasteiger partial charge in [0.2, 0.25) is 0 Å². The standard InChI is InChI=1S/C19H23NO/c1-13-11-19(21-3)14(2)10-18(13)16-6-4-15(5-7-16)12-20-17-8-9-17/h4-7,10-11,17,20H,8-9,12H2,1-3H3. The molecule has 110 valence electrons. The van der Waals surface area contributed by atoms with Gasteiger partial charge in [0, 0.05) is 12.6 Å². The summed E-state index contributed by atoms with van der Waals surface area (Å²) in [4.78, 5) is 0. The quantitative estimate of drug-likeness (QED) is 0.885. The summed E-state index contributed by atoms with van der Waals surface area (Å²) in [5, 5.41) is 3.55. The Balaban J connectivity index is 1.81. The van der Waals surface area contributed by atoms with Crippen LogP contribution in [0.1, 0.15) is 29.5 Å². The second kappa shape index (κ2) is 5.90. The molecule has 2 nitrogen and oxygen atoms in total. The topological polar surface area (TPSA) is 21.3 Å². The van der Waals surface area contributed by atoms with Crippen LogP contribution in [-0.4, -0.2) is 13.2 Å². The van der Waals surface area contributed by atoms with E-state index in [0.717, 1.165) is 18.3 Å². The molecule has 0 unspecified atom stereocenters. The Morgan fingerprint density at radius 1 is 1.05 bits per heavy atom. The van der Waals surface area contributed by atoms with Crippen molar-refractivity contribution < 1.29 is 4.74 Å². The third-order valence-electron chi connectivity index (χ3n) is 4.18. The van der Waals surface area contributed by atoms with E-state index in [9.17, 15) is 0 Å². The highest BCUT2D eigenvalue weighted by Crippen LogP contribution is 2.30. The monoisotopic (exact) mass is 281 g/mol. The normalized spacial score (nSPS) is 14.2. The van der Waals surface area contributed by atoms with Crippen molar-refractivity contribution in [1.82, 2.24) is 5.32 Å². The SMILES string of the molecule is COc1cc(C)c(-c2ccc(CNC3CC3)cc2)cc1C. The Morgan fingerprint density at radius 2 is 1.76 bits per heavy atom. The van der Waals surface area contributed by atoms with Crippen LogP contribution in [0.5, 0.6) is 5.75 Å². The van der Waals surface area contributed by atoms with Crippen molar-refractivity contribution >= 4 is 0 Å². The lowest BCUT2D eigenvalue weighted by atomic mass is 9.97. The molecular weight excluding hydrogens is 258 g/mol. The first-order valence-electron chi connectivity index (χ1n) is 7.65. The van der Waals surface area contributed by atoms with Crippen LogP contribution in [0, 0.1) is 13.8 Å². The zero-order valence-electron chi connectivity index (χ0n) is 13.1. The summed E-state index contributed by atoms with van der Waals surface area (Å²) in [5.41, 5.74) is 6.34. The first-order valence-corrected chi connectivity index (χ1v) is 7.65. The molecular formula is C19H23NO. The third kappa shape index (κ3) is 3.27. The average Bonchev–Trinajstić information content (AvgIpc) is 3.32. The van der Waals surface area contributed by atoms with Gasteiger partial charge in [-0.25, -0.2) is 0 Å². The fraction of sp³-hybridized carbons (Fsp3) is 0.368. The van der Waals surface area contributed by atoms with Crippen molar-refractivity contribution in [2.45, 2.75) is 39.3 Å². The summed E-state index contributed by atoms with van der Waals surface area (Å²) in [5.74, 6) is 0.960. The number of hydrogen-bond acceptors (Lipinski definition) is 2. The van der Waals surface area contributed by atoms with E-state index in [2.05, 4.69) is 55.6 Å². The molecule has 0 heterocycles. The number of benzene rings is 2. The Kier molecular flexibility index (Phi) is 3.98. The molecule has 0 atom stereocenters. The molecule has 1 fully saturated rings. The Bertz CT molecular complexity index is 627. The summed E-state index contributed by atoms with van der Waals surface area (Å²) in [6, 6.07) is 14.0. The van der Waals surface area contributed by atoms with Gasteiger partial charge in [0.05, 0.1) is 7.11 Å². The van der Waals surface area contributed by atoms with E-state index >= 15 is 0 Å². The Morgan fingerprint density at radius 3 is 2.38 bits per heavy atom. The van der Waals surface area contributed by atoms with Crippen LogP contribution in [-0.2, 0) is 6.54 Å². The van der Waals surface area contributed by atoms with Crippen LogP contribution >= 0.6 is 0 Å². The molecule has 0 radical (unpaired) electrons. The molecule has 3 rings (SSSR count). The highest BCUT2D eigenvalue weighted by Gasteiger charge is 2.19. The molecule has 0 spiro atoms. The first-order chi connectivity index (χ1) is 10.2. The molecule has 1 N–H and O–H groups in total. The second-order valence-corrected chi connectivity index (χ2v) is 5.99. The highest BCUT2D eigenvalue weighted by atomic mass is 16.5. The van der Waals surface area contributed by atoms with Crippen LogP contribution in [0.3, 0.4) is 0 Å². The largest absolute Gasteiger partial charge is 0.496 e. The van der Waals surface area contributed by atoms with Crippen molar-refractivity contribution in [3.8, 4) is 16.9 Å². The first kappa shape index (κ1) is 14.2. The van der Waals surface area contributed by atoms with E-state index in [-0.39, 0.29) is 0 Å². The van der Waals surface area contributed by atoms with Gasteiger partial charge >= 0.3 is 0 Å². The smallest absolute Gasteiger partial charge is 0.122 e. The molecule has 2 aromatic rings. The third-order valence-corrected chi connectivity index (χ3v) is 4.18. The van der Waals surface area contributed by atoms with E-state index in [4.69, 9.17) is 4.74 Å². The lowest BCUT2D eigenvalue weighted by molar-refractivity contribution is 0.411. The zero-order valence-corrected chi connectivity index (χ0v) is 13.1. The molecule has 1 aliphatic carbocycles. The molecule has 21 heavy (non-hydrogen) atoms. The summed E-state index contributed by atoms with van der Waals surface area (Å²) in [6.45, 7) is 5.21. The number of aryl methyl sites for hydroxylation is 2. The summed E-state index contributed by atoms with van der Waals surface area (Å²) >= 11 is 0. The minimum atomic E-state index is 0.760. The van der Waals surface area contributed by atoms with Gasteiger partial charge in [-0.05, 0) is 66.6 Å². The van der Waals surface area contributed by atoms with Crippen molar-refractivity contribution in [2.24, 2.45) is 0 Å². The minimum absolute atomic E-state index is 0.760. The highest BCUT2D eigenvalue weighted by molar-refractivity contribution is 5.69. The molecule has 1 saturated carbocycles. The van der Waals surface area contributed by atoms with Crippen LogP contribution in [0.4, 0.5) is 0 Å². The Labute approximate surface area is 127 Å². The van der Waals surface area contributed by atoms with E-state index in [1.54, 1.807) is 7.11 Å². The van der Waals surface area contributed by atoms with Crippen LogP contribution in [0.25, 0.3) is 11.1 Å². The van der Waals surface area contributed by atoms with Crippen LogP contribution < -0.4 is 10.1 Å². The van der Waals surface area contributed by atoms with E-state index < -0.39 is 0 Å². The molecule has 0 aliphatic heterocycles. The fourth-order valence-corrected chi connectivity index (χ4v) is 2.67. The van der Waals surface area contributed by atoms with Crippen molar-refractivity contribution in [2.75, 3.05) is 7.11 Å². The predicted molar refractivity (Wildman–Crippen MR) is 87.8 cm³/mol. The van der Waals surface area contributed by atoms with Crippen molar-refractivity contribution in [3.05, 3.63) is 53.1 Å². The van der Waals surface area contributed by atoms with Crippen molar-refractivity contribution in [1.29, 1.82) is 0 Å². The fourth-order valence-electron chi connectivity index (χ4n) is 2.67. The van der Waals surface area contributed by atoms with Crippen LogP contribution in [0.15, 0.2) is 36.4 Å². The van der Waals surface area contributed by atoms with Gasteiger partial charge in [-0.3, -0.25) is 0 Å². The summed E-state index contributed by atoms with van der Waals surface area (Å²) < 4.78 is 5.39. The van der Waals surface area contributed by atoms with Crippen LogP contribution in [0.2, 0.25) is 0 Å². The maximum Gasteiger partial charge on any atom is 0.122 e. The zero-order chi connectivity index (χ0) is 14.8. The van der Waals surface area contributed by atoms with Crippen molar-refractivity contribution in [3.63, 3.8) is 0 Å². The predicted octanol–water partition coefficient (Wildman–Crippen LogP) is 4.23. The minimum Gasteiger partial charge on any atom is -0.496 e. The van der Waals surface area contributed by atoms with E-state index in [1.165, 1.54) is 40.7 Å². The number of methoxy groups -OCH3 is 1. The number of ether oxygens (including phenoxy) is 1. The molecule has 0 amide bonds. The van der Waals surface area contributed by atoms with Gasteiger partial charge < -0.3 is 10.1 Å². The number of rotatable bonds is 5. The number of nitrogens with one attached hydrogen (secondary N) is 1. The second-order valence-electron chi connectivity index (χ2n) is 5.99. The lowest BCUT2D eigenvalue weighted by Crippen LogP contribution is -2.15. The lowest BCUT2D eigenvalue weighted by Gasteiger charge is -2.12. The molecule has 0 bridgehead atoms. The number of hydrogen-bond donors (Lipinski definition) is 1. The molecule has 1 aliphatic rings. The van der Waals surface area contributed by atoms with E-state index in [1.807, 2.05) is 0 Å². The van der Waals surface area contributed by atoms with Gasteiger partial charge in [0.1, 0.15) is 5.75 Å². The van der Waals surface area contributed by atoms with E-state index in [0.29, 0.717) is 0 Å². The molecule has 0 aromatic heterocycles. The average molecular weight is 281 g/mol. The summed E-state index contributed by atoms with van der Waals surface area (Å²) in [6.07, 6.45) is 2.67. The van der Waals surface area contributed by atoms with Gasteiger partial charge in [0.25, 0.3) is 0 Å². The van der Waals surface area contributed by atoms with Gasteiger partial charge in [-0.1, -0.05) is 24.3 Å². The van der Waals surface area contributed by atoms with Gasteiger partial charge in [0.15, 0.2) is 0 Å².